The van der Waals surface area contributed by atoms with Gasteiger partial charge < -0.3 is 29.6 Å². The maximum absolute atomic E-state index is 5.20. The van der Waals surface area contributed by atoms with Crippen LogP contribution in [0, 0.1) is 0 Å². The van der Waals surface area contributed by atoms with Crippen molar-refractivity contribution >= 4 is 0 Å². The molecule has 0 radical (unpaired) electrons. The first-order valence-electron chi connectivity index (χ1n) is 9.69. The highest BCUT2D eigenvalue weighted by Gasteiger charge is 2.00. The van der Waals surface area contributed by atoms with Gasteiger partial charge >= 0.3 is 0 Å². The summed E-state index contributed by atoms with van der Waals surface area (Å²) in [4.78, 5) is 0. The normalized spacial score (nSPS) is 15.9. The molecule has 0 bridgehead atoms. The van der Waals surface area contributed by atoms with Crippen molar-refractivity contribution < 1.29 is 18.9 Å². The molecule has 0 unspecified atom stereocenters. The van der Waals surface area contributed by atoms with E-state index in [2.05, 4.69) is 22.8 Å². The molecule has 2 aliphatic rings. The zero-order valence-electron chi connectivity index (χ0n) is 16.9. The van der Waals surface area contributed by atoms with Gasteiger partial charge in [0.05, 0.1) is 40.6 Å². The van der Waals surface area contributed by atoms with E-state index in [0.717, 1.165) is 75.2 Å². The Labute approximate surface area is 168 Å². The number of hydrogen-bond donors (Lipinski definition) is 2. The molecule has 2 aromatic carbocycles. The predicted molar refractivity (Wildman–Crippen MR) is 112 cm³/mol. The number of methoxy groups -OCH3 is 2. The molecule has 154 valence electrons. The van der Waals surface area contributed by atoms with Crippen LogP contribution in [0.4, 0.5) is 0 Å². The molecule has 2 heterocycles. The third-order valence-electron chi connectivity index (χ3n) is 4.17. The smallest absolute Gasteiger partial charge is 0.119 e. The van der Waals surface area contributed by atoms with Gasteiger partial charge in [-0.15, -0.1) is 0 Å². The van der Waals surface area contributed by atoms with E-state index < -0.39 is 0 Å². The van der Waals surface area contributed by atoms with Crippen molar-refractivity contribution in [2.24, 2.45) is 0 Å². The van der Waals surface area contributed by atoms with Crippen LogP contribution in [-0.4, -0.2) is 66.8 Å². The van der Waals surface area contributed by atoms with Crippen LogP contribution < -0.4 is 20.1 Å². The molecule has 0 aliphatic carbocycles. The molecule has 0 spiro atoms. The van der Waals surface area contributed by atoms with Crippen molar-refractivity contribution in [2.75, 3.05) is 66.8 Å². The first-order valence-corrected chi connectivity index (χ1v) is 9.69. The number of nitrogens with one attached hydrogen (secondary N) is 2. The first kappa shape index (κ1) is 22.2. The Balaban J connectivity index is 0.000000190. The molecule has 0 amide bonds. The van der Waals surface area contributed by atoms with Crippen LogP contribution in [-0.2, 0) is 9.47 Å². The van der Waals surface area contributed by atoms with Gasteiger partial charge in [-0.05, 0) is 35.4 Å². The summed E-state index contributed by atoms with van der Waals surface area (Å²) in [6.45, 7) is 7.67. The van der Waals surface area contributed by atoms with E-state index in [9.17, 15) is 0 Å². The number of benzene rings is 2. The second-order valence-corrected chi connectivity index (χ2v) is 6.19. The van der Waals surface area contributed by atoms with Gasteiger partial charge in [-0.25, -0.2) is 0 Å². The Morgan fingerprint density at radius 1 is 0.643 bits per heavy atom. The fourth-order valence-electron chi connectivity index (χ4n) is 2.64. The van der Waals surface area contributed by atoms with Crippen molar-refractivity contribution in [1.82, 2.24) is 10.6 Å². The minimum absolute atomic E-state index is 0.861. The fraction of sp³-hybridized carbons (Fsp3) is 0.455. The van der Waals surface area contributed by atoms with Gasteiger partial charge in [-0.3, -0.25) is 0 Å². The van der Waals surface area contributed by atoms with Crippen LogP contribution in [0.3, 0.4) is 0 Å². The van der Waals surface area contributed by atoms with E-state index in [1.807, 2.05) is 36.4 Å². The molecule has 0 saturated carbocycles. The van der Waals surface area contributed by atoms with E-state index in [1.54, 1.807) is 14.2 Å². The lowest BCUT2D eigenvalue weighted by Gasteiger charge is -2.10. The van der Waals surface area contributed by atoms with E-state index >= 15 is 0 Å². The number of ether oxygens (including phenoxy) is 4. The molecular weight excluding hydrogens is 356 g/mol. The summed E-state index contributed by atoms with van der Waals surface area (Å²) < 4.78 is 20.4. The van der Waals surface area contributed by atoms with Crippen molar-refractivity contribution in [1.29, 1.82) is 0 Å². The van der Waals surface area contributed by atoms with E-state index in [4.69, 9.17) is 18.9 Å². The SMILES string of the molecule is C1COCCN1.C1COCCN1.COc1cccc(-c2cccc(OC)c2)c1. The van der Waals surface area contributed by atoms with Gasteiger partial charge in [0, 0.05) is 26.2 Å². The lowest BCUT2D eigenvalue weighted by Crippen LogP contribution is -2.30. The van der Waals surface area contributed by atoms with Gasteiger partial charge in [0.1, 0.15) is 11.5 Å². The highest BCUT2D eigenvalue weighted by Crippen LogP contribution is 2.26. The maximum Gasteiger partial charge on any atom is 0.119 e. The van der Waals surface area contributed by atoms with Crippen LogP contribution in [0.25, 0.3) is 11.1 Å². The van der Waals surface area contributed by atoms with Crippen molar-refractivity contribution in [3.8, 4) is 22.6 Å². The van der Waals surface area contributed by atoms with Crippen molar-refractivity contribution in [3.05, 3.63) is 48.5 Å². The van der Waals surface area contributed by atoms with Crippen LogP contribution in [0.5, 0.6) is 11.5 Å². The van der Waals surface area contributed by atoms with Crippen LogP contribution in [0.15, 0.2) is 48.5 Å². The average Bonchev–Trinajstić information content (AvgIpc) is 2.82. The van der Waals surface area contributed by atoms with Crippen LogP contribution in [0.2, 0.25) is 0 Å². The van der Waals surface area contributed by atoms with E-state index in [0.29, 0.717) is 0 Å². The summed E-state index contributed by atoms with van der Waals surface area (Å²) in [6, 6.07) is 16.0. The summed E-state index contributed by atoms with van der Waals surface area (Å²) in [6.07, 6.45) is 0. The largest absolute Gasteiger partial charge is 0.497 e. The Bertz CT molecular complexity index is 578. The molecule has 6 nitrogen and oxygen atoms in total. The molecule has 28 heavy (non-hydrogen) atoms. The van der Waals surface area contributed by atoms with Gasteiger partial charge in [-0.1, -0.05) is 24.3 Å². The third kappa shape index (κ3) is 8.71. The van der Waals surface area contributed by atoms with Crippen LogP contribution >= 0.6 is 0 Å². The molecule has 2 fully saturated rings. The summed E-state index contributed by atoms with van der Waals surface area (Å²) in [5, 5.41) is 6.32. The van der Waals surface area contributed by atoms with E-state index in [1.165, 1.54) is 0 Å². The number of hydrogen-bond acceptors (Lipinski definition) is 6. The Morgan fingerprint density at radius 2 is 1.04 bits per heavy atom. The monoisotopic (exact) mass is 388 g/mol. The minimum atomic E-state index is 0.861. The quantitative estimate of drug-likeness (QED) is 0.843. The third-order valence-corrected chi connectivity index (χ3v) is 4.17. The van der Waals surface area contributed by atoms with Gasteiger partial charge in [0.2, 0.25) is 0 Å². The lowest BCUT2D eigenvalue weighted by molar-refractivity contribution is 0.109. The topological polar surface area (TPSA) is 61.0 Å². The maximum atomic E-state index is 5.20. The molecule has 2 saturated heterocycles. The fourth-order valence-corrected chi connectivity index (χ4v) is 2.64. The van der Waals surface area contributed by atoms with Crippen LogP contribution in [0.1, 0.15) is 0 Å². The molecular formula is C22H32N2O4. The van der Waals surface area contributed by atoms with Gasteiger partial charge in [0.15, 0.2) is 0 Å². The van der Waals surface area contributed by atoms with Gasteiger partial charge in [0.25, 0.3) is 0 Å². The average molecular weight is 389 g/mol. The summed E-state index contributed by atoms with van der Waals surface area (Å²) in [5.74, 6) is 1.72. The lowest BCUT2D eigenvalue weighted by atomic mass is 10.1. The summed E-state index contributed by atoms with van der Waals surface area (Å²) in [7, 11) is 3.34. The number of morpholine rings is 2. The second-order valence-electron chi connectivity index (χ2n) is 6.19. The molecule has 2 aromatic rings. The molecule has 0 atom stereocenters. The Kier molecular flexibility index (Phi) is 11.1. The summed E-state index contributed by atoms with van der Waals surface area (Å²) >= 11 is 0. The highest BCUT2D eigenvalue weighted by atomic mass is 16.5. The molecule has 4 rings (SSSR count). The Morgan fingerprint density at radius 3 is 1.29 bits per heavy atom. The molecule has 6 heteroatoms. The molecule has 0 aromatic heterocycles. The second kappa shape index (κ2) is 14.0. The predicted octanol–water partition coefficient (Wildman–Crippen LogP) is 2.58. The minimum Gasteiger partial charge on any atom is -0.497 e. The van der Waals surface area contributed by atoms with Crippen molar-refractivity contribution in [2.45, 2.75) is 0 Å². The van der Waals surface area contributed by atoms with Gasteiger partial charge in [-0.2, -0.15) is 0 Å². The zero-order valence-corrected chi connectivity index (χ0v) is 16.9. The standard InChI is InChI=1S/C14H14O2.2C4H9NO/c1-15-13-7-3-5-11(9-13)12-6-4-8-14(10-12)16-2;2*1-3-6-4-2-5-1/h3-10H,1-2H3;2*5H,1-4H2. The van der Waals surface area contributed by atoms with Crippen molar-refractivity contribution in [3.63, 3.8) is 0 Å². The highest BCUT2D eigenvalue weighted by molar-refractivity contribution is 5.66. The first-order chi connectivity index (χ1) is 13.8. The Hall–Kier alpha value is -2.12. The molecule has 2 aliphatic heterocycles. The zero-order chi connectivity index (χ0) is 19.9. The summed E-state index contributed by atoms with van der Waals surface area (Å²) in [5.41, 5.74) is 2.25. The molecule has 2 N–H and O–H groups in total. The van der Waals surface area contributed by atoms with E-state index in [-0.39, 0.29) is 0 Å². The number of rotatable bonds is 3.